The number of amides is 1. The quantitative estimate of drug-likeness (QED) is 0.812. The van der Waals surface area contributed by atoms with E-state index in [2.05, 4.69) is 5.32 Å². The predicted molar refractivity (Wildman–Crippen MR) is 108 cm³/mol. The first kappa shape index (κ1) is 20.0. The predicted octanol–water partition coefficient (Wildman–Crippen LogP) is 3.46. The number of sulfonamides is 1. The molecule has 154 valence electrons. The van der Waals surface area contributed by atoms with Crippen molar-refractivity contribution >= 4 is 15.9 Å². The second-order valence-corrected chi connectivity index (χ2v) is 9.70. The van der Waals surface area contributed by atoms with E-state index in [-0.39, 0.29) is 35.1 Å². The van der Waals surface area contributed by atoms with Crippen LogP contribution in [0.1, 0.15) is 37.7 Å². The molecule has 2 aromatic rings. The third-order valence-electron chi connectivity index (χ3n) is 6.03. The Morgan fingerprint density at radius 2 is 1.72 bits per heavy atom. The molecule has 4 rings (SSSR count). The number of carbonyl (C=O) groups is 1. The summed E-state index contributed by atoms with van der Waals surface area (Å²) >= 11 is 0. The lowest BCUT2D eigenvalue weighted by Gasteiger charge is -2.32. The summed E-state index contributed by atoms with van der Waals surface area (Å²) in [6, 6.07) is 13.4. The minimum atomic E-state index is -3.77. The van der Waals surface area contributed by atoms with Crippen LogP contribution in [0, 0.1) is 11.7 Å². The lowest BCUT2D eigenvalue weighted by molar-refractivity contribution is -0.124. The normalized spacial score (nSPS) is 24.8. The monoisotopic (exact) mass is 416 g/mol. The van der Waals surface area contributed by atoms with Gasteiger partial charge in [0.15, 0.2) is 0 Å². The van der Waals surface area contributed by atoms with E-state index in [4.69, 9.17) is 0 Å². The number of carbonyl (C=O) groups excluding carboxylic acids is 1. The van der Waals surface area contributed by atoms with Crippen molar-refractivity contribution in [2.24, 2.45) is 5.92 Å². The third-order valence-corrected chi connectivity index (χ3v) is 7.98. The van der Waals surface area contributed by atoms with Crippen molar-refractivity contribution in [3.05, 3.63) is 66.0 Å². The van der Waals surface area contributed by atoms with E-state index in [0.717, 1.165) is 31.2 Å². The van der Waals surface area contributed by atoms with Crippen LogP contribution in [0.15, 0.2) is 59.5 Å². The van der Waals surface area contributed by atoms with Gasteiger partial charge < -0.3 is 5.32 Å². The van der Waals surface area contributed by atoms with Crippen molar-refractivity contribution in [1.29, 1.82) is 0 Å². The first-order chi connectivity index (χ1) is 14.0. The van der Waals surface area contributed by atoms with Gasteiger partial charge in [0, 0.05) is 12.6 Å². The van der Waals surface area contributed by atoms with Gasteiger partial charge in [-0.25, -0.2) is 12.8 Å². The summed E-state index contributed by atoms with van der Waals surface area (Å²) in [6.45, 7) is 0.240. The molecule has 0 bridgehead atoms. The van der Waals surface area contributed by atoms with E-state index in [0.29, 0.717) is 6.42 Å². The van der Waals surface area contributed by atoms with Gasteiger partial charge in [0.05, 0.1) is 4.90 Å². The van der Waals surface area contributed by atoms with E-state index in [1.807, 2.05) is 0 Å². The maximum atomic E-state index is 13.4. The summed E-state index contributed by atoms with van der Waals surface area (Å²) in [6.07, 6.45) is 4.34. The van der Waals surface area contributed by atoms with E-state index in [1.165, 1.54) is 16.4 Å². The third kappa shape index (κ3) is 4.07. The highest BCUT2D eigenvalue weighted by Crippen LogP contribution is 2.42. The Bertz CT molecular complexity index is 963. The van der Waals surface area contributed by atoms with E-state index in [1.54, 1.807) is 42.5 Å². The largest absolute Gasteiger partial charge is 0.351 e. The van der Waals surface area contributed by atoms with E-state index < -0.39 is 16.1 Å². The topological polar surface area (TPSA) is 66.5 Å². The number of rotatable bonds is 5. The maximum Gasteiger partial charge on any atom is 0.244 e. The number of halogens is 1. The molecule has 1 aliphatic carbocycles. The van der Waals surface area contributed by atoms with E-state index in [9.17, 15) is 17.6 Å². The van der Waals surface area contributed by atoms with Gasteiger partial charge in [-0.05, 0) is 55.0 Å². The zero-order valence-corrected chi connectivity index (χ0v) is 16.9. The van der Waals surface area contributed by atoms with Crippen LogP contribution in [0.5, 0.6) is 0 Å². The summed E-state index contributed by atoms with van der Waals surface area (Å²) in [5.41, 5.74) is 0.771. The van der Waals surface area contributed by atoms with Crippen molar-refractivity contribution < 1.29 is 17.6 Å². The number of nitrogens with one attached hydrogen (secondary N) is 1. The van der Waals surface area contributed by atoms with Gasteiger partial charge in [0.1, 0.15) is 11.9 Å². The molecule has 29 heavy (non-hydrogen) atoms. The molecule has 1 saturated carbocycles. The number of nitrogens with zero attached hydrogens (tertiary/aromatic N) is 1. The van der Waals surface area contributed by atoms with Gasteiger partial charge in [-0.15, -0.1) is 0 Å². The molecule has 3 atom stereocenters. The smallest absolute Gasteiger partial charge is 0.244 e. The molecule has 7 heteroatoms. The minimum absolute atomic E-state index is 0.129. The Kier molecular flexibility index (Phi) is 5.69. The van der Waals surface area contributed by atoms with Gasteiger partial charge in [0.25, 0.3) is 0 Å². The zero-order chi connectivity index (χ0) is 20.4. The molecular formula is C22H25FN2O3S. The molecule has 0 aromatic heterocycles. The highest BCUT2D eigenvalue weighted by molar-refractivity contribution is 7.89. The Balaban J connectivity index is 1.58. The number of hydrogen-bond donors (Lipinski definition) is 1. The van der Waals surface area contributed by atoms with Crippen molar-refractivity contribution in [2.45, 2.75) is 55.6 Å². The molecule has 2 aliphatic rings. The van der Waals surface area contributed by atoms with E-state index >= 15 is 0 Å². The molecule has 1 aliphatic heterocycles. The molecule has 0 unspecified atom stereocenters. The molecular weight excluding hydrogens is 391 g/mol. The summed E-state index contributed by atoms with van der Waals surface area (Å²) in [5.74, 6) is -0.410. The van der Waals surface area contributed by atoms with Crippen molar-refractivity contribution in [3.63, 3.8) is 0 Å². The van der Waals surface area contributed by atoms with Crippen LogP contribution < -0.4 is 5.32 Å². The molecule has 2 aromatic carbocycles. The second-order valence-electron chi connectivity index (χ2n) is 7.86. The van der Waals surface area contributed by atoms with Crippen LogP contribution in [0.4, 0.5) is 4.39 Å². The second kappa shape index (κ2) is 8.24. The Morgan fingerprint density at radius 3 is 2.45 bits per heavy atom. The summed E-state index contributed by atoms with van der Waals surface area (Å²) in [4.78, 5) is 13.3. The van der Waals surface area contributed by atoms with Crippen molar-refractivity contribution in [1.82, 2.24) is 9.62 Å². The summed E-state index contributed by atoms with van der Waals surface area (Å²) in [5, 5.41) is 2.86. The first-order valence-electron chi connectivity index (χ1n) is 10.1. The van der Waals surface area contributed by atoms with Gasteiger partial charge in [-0.2, -0.15) is 4.31 Å². The van der Waals surface area contributed by atoms with Crippen molar-refractivity contribution in [2.75, 3.05) is 0 Å². The van der Waals surface area contributed by atoms with Crippen LogP contribution in [0.2, 0.25) is 0 Å². The molecule has 2 fully saturated rings. The van der Waals surface area contributed by atoms with Crippen molar-refractivity contribution in [3.8, 4) is 0 Å². The number of benzene rings is 2. The fourth-order valence-corrected chi connectivity index (χ4v) is 6.51. The molecule has 0 radical (unpaired) electrons. The fourth-order valence-electron chi connectivity index (χ4n) is 4.61. The number of hydrogen-bond acceptors (Lipinski definition) is 3. The van der Waals surface area contributed by atoms with Gasteiger partial charge in [-0.1, -0.05) is 43.2 Å². The summed E-state index contributed by atoms with van der Waals surface area (Å²) < 4.78 is 41.4. The van der Waals surface area contributed by atoms with Crippen LogP contribution in [0.25, 0.3) is 0 Å². The fraction of sp³-hybridized carbons (Fsp3) is 0.409. The van der Waals surface area contributed by atoms with Gasteiger partial charge in [0.2, 0.25) is 15.9 Å². The SMILES string of the molecule is O=C(NCc1ccc(F)cc1)[C@@H]1C[C@@H]2CCCC[C@@H]2N1S(=O)(=O)c1ccccc1. The molecule has 1 amide bonds. The average Bonchev–Trinajstić information content (AvgIpc) is 3.14. The Morgan fingerprint density at radius 1 is 1.03 bits per heavy atom. The Hall–Kier alpha value is -2.25. The maximum absolute atomic E-state index is 13.4. The van der Waals surface area contributed by atoms with Crippen LogP contribution >= 0.6 is 0 Å². The minimum Gasteiger partial charge on any atom is -0.351 e. The van der Waals surface area contributed by atoms with Crippen LogP contribution in [-0.4, -0.2) is 30.7 Å². The van der Waals surface area contributed by atoms with Gasteiger partial charge >= 0.3 is 0 Å². The lowest BCUT2D eigenvalue weighted by atomic mass is 9.85. The van der Waals surface area contributed by atoms with Gasteiger partial charge in [-0.3, -0.25) is 4.79 Å². The molecule has 1 N–H and O–H groups in total. The molecule has 5 nitrogen and oxygen atoms in total. The zero-order valence-electron chi connectivity index (χ0n) is 16.1. The first-order valence-corrected chi connectivity index (χ1v) is 11.5. The highest BCUT2D eigenvalue weighted by Gasteiger charge is 2.50. The summed E-state index contributed by atoms with van der Waals surface area (Å²) in [7, 11) is -3.77. The van der Waals surface area contributed by atoms with Crippen LogP contribution in [0.3, 0.4) is 0 Å². The molecule has 1 heterocycles. The lowest BCUT2D eigenvalue weighted by Crippen LogP contribution is -2.49. The number of fused-ring (bicyclic) bond motifs is 1. The Labute approximate surface area is 171 Å². The van der Waals surface area contributed by atoms with Crippen LogP contribution in [-0.2, 0) is 21.4 Å². The average molecular weight is 417 g/mol. The standard InChI is InChI=1S/C22H25FN2O3S/c23-18-12-10-16(11-13-18)15-24-22(26)21-14-17-6-4-5-9-20(17)25(21)29(27,28)19-7-2-1-3-8-19/h1-3,7-8,10-13,17,20-21H,4-6,9,14-15H2,(H,24,26)/t17-,20-,21-/m0/s1. The molecule has 1 saturated heterocycles. The highest BCUT2D eigenvalue weighted by atomic mass is 32.2. The molecule has 0 spiro atoms.